The summed E-state index contributed by atoms with van der Waals surface area (Å²) in [7, 11) is 0. The Morgan fingerprint density at radius 3 is 2.95 bits per heavy atom. The fourth-order valence-corrected chi connectivity index (χ4v) is 3.39. The van der Waals surface area contributed by atoms with E-state index in [1.807, 2.05) is 18.2 Å². The number of nitrogens with zero attached hydrogens (tertiary/aromatic N) is 1. The molecule has 2 aliphatic heterocycles. The summed E-state index contributed by atoms with van der Waals surface area (Å²) in [5.41, 5.74) is 2.13. The molecule has 0 saturated carbocycles. The van der Waals surface area contributed by atoms with Gasteiger partial charge in [-0.25, -0.2) is 0 Å². The van der Waals surface area contributed by atoms with Crippen LogP contribution in [0.15, 0.2) is 24.3 Å². The Morgan fingerprint density at radius 1 is 1.45 bits per heavy atom. The summed E-state index contributed by atoms with van der Waals surface area (Å²) >= 11 is 0. The minimum atomic E-state index is -0.725. The van der Waals surface area contributed by atoms with Crippen molar-refractivity contribution in [1.29, 1.82) is 0 Å². The number of aliphatic carboxylic acids is 1. The van der Waals surface area contributed by atoms with Crippen molar-refractivity contribution in [1.82, 2.24) is 4.90 Å². The Morgan fingerprint density at radius 2 is 2.25 bits per heavy atom. The molecule has 1 fully saturated rings. The highest BCUT2D eigenvalue weighted by Gasteiger charge is 2.35. The summed E-state index contributed by atoms with van der Waals surface area (Å²) in [6.07, 6.45) is 1.08. The highest BCUT2D eigenvalue weighted by molar-refractivity contribution is 5.77. The van der Waals surface area contributed by atoms with Crippen LogP contribution in [0.25, 0.3) is 0 Å². The average molecular weight is 275 g/mol. The van der Waals surface area contributed by atoms with Crippen LogP contribution in [-0.2, 0) is 16.1 Å². The van der Waals surface area contributed by atoms with Crippen LogP contribution in [0, 0.1) is 5.92 Å². The van der Waals surface area contributed by atoms with Gasteiger partial charge in [-0.05, 0) is 30.4 Å². The molecule has 1 N–H and O–H groups in total. The van der Waals surface area contributed by atoms with Gasteiger partial charge in [0.15, 0.2) is 0 Å². The van der Waals surface area contributed by atoms with Gasteiger partial charge in [0.05, 0.1) is 12.5 Å². The van der Waals surface area contributed by atoms with E-state index in [0.29, 0.717) is 18.5 Å². The molecule has 3 unspecified atom stereocenters. The minimum Gasteiger partial charge on any atom is -0.481 e. The summed E-state index contributed by atoms with van der Waals surface area (Å²) < 4.78 is 5.47. The van der Waals surface area contributed by atoms with Crippen molar-refractivity contribution in [2.75, 3.05) is 19.8 Å². The molecule has 108 valence electrons. The molecule has 3 rings (SSSR count). The quantitative estimate of drug-likeness (QED) is 0.917. The maximum atomic E-state index is 11.6. The largest absolute Gasteiger partial charge is 0.481 e. The third-order valence-electron chi connectivity index (χ3n) is 4.74. The number of carbonyl (C=O) groups is 1. The van der Waals surface area contributed by atoms with Gasteiger partial charge in [-0.2, -0.15) is 0 Å². The van der Waals surface area contributed by atoms with Gasteiger partial charge in [-0.1, -0.05) is 24.3 Å². The second-order valence-electron chi connectivity index (χ2n) is 5.88. The molecule has 0 aliphatic carbocycles. The second-order valence-corrected chi connectivity index (χ2v) is 5.88. The first-order valence-electron chi connectivity index (χ1n) is 7.29. The normalized spacial score (nSPS) is 28.1. The molecule has 0 bridgehead atoms. The molecule has 0 spiro atoms. The van der Waals surface area contributed by atoms with E-state index >= 15 is 0 Å². The predicted octanol–water partition coefficient (Wildman–Crippen LogP) is 2.10. The van der Waals surface area contributed by atoms with Crippen molar-refractivity contribution in [3.63, 3.8) is 0 Å². The Labute approximate surface area is 119 Å². The van der Waals surface area contributed by atoms with E-state index < -0.39 is 11.9 Å². The zero-order valence-electron chi connectivity index (χ0n) is 11.8. The van der Waals surface area contributed by atoms with E-state index in [1.54, 1.807) is 0 Å². The molecule has 0 aromatic heterocycles. The molecule has 0 radical (unpaired) electrons. The Balaban J connectivity index is 1.84. The fraction of sp³-hybridized carbons (Fsp3) is 0.562. The maximum Gasteiger partial charge on any atom is 0.312 e. The van der Waals surface area contributed by atoms with Gasteiger partial charge in [0.1, 0.15) is 0 Å². The van der Waals surface area contributed by atoms with Crippen molar-refractivity contribution >= 4 is 5.97 Å². The van der Waals surface area contributed by atoms with Gasteiger partial charge in [0.2, 0.25) is 0 Å². The van der Waals surface area contributed by atoms with Gasteiger partial charge < -0.3 is 9.84 Å². The lowest BCUT2D eigenvalue weighted by atomic mass is 9.87. The summed E-state index contributed by atoms with van der Waals surface area (Å²) in [6.45, 7) is 5.28. The van der Waals surface area contributed by atoms with Crippen molar-refractivity contribution < 1.29 is 14.6 Å². The highest BCUT2D eigenvalue weighted by atomic mass is 16.5. The lowest BCUT2D eigenvalue weighted by Gasteiger charge is -2.38. The van der Waals surface area contributed by atoms with Crippen LogP contribution in [-0.4, -0.2) is 41.8 Å². The van der Waals surface area contributed by atoms with Crippen molar-refractivity contribution in [2.24, 2.45) is 5.92 Å². The Hall–Kier alpha value is -1.39. The number of hydrogen-bond donors (Lipinski definition) is 1. The predicted molar refractivity (Wildman–Crippen MR) is 75.6 cm³/mol. The third kappa shape index (κ3) is 2.45. The molecule has 3 atom stereocenters. The number of carboxylic acids is 1. The van der Waals surface area contributed by atoms with Crippen molar-refractivity contribution in [3.05, 3.63) is 35.4 Å². The van der Waals surface area contributed by atoms with E-state index in [9.17, 15) is 9.90 Å². The van der Waals surface area contributed by atoms with Crippen LogP contribution in [0.4, 0.5) is 0 Å². The molecule has 0 amide bonds. The fourth-order valence-electron chi connectivity index (χ4n) is 3.39. The van der Waals surface area contributed by atoms with Crippen molar-refractivity contribution in [3.8, 4) is 0 Å². The summed E-state index contributed by atoms with van der Waals surface area (Å²) in [5.74, 6) is -0.614. The number of fused-ring (bicyclic) bond motifs is 1. The van der Waals surface area contributed by atoms with Crippen LogP contribution in [0.5, 0.6) is 0 Å². The van der Waals surface area contributed by atoms with Crippen LogP contribution in [0.2, 0.25) is 0 Å². The molecule has 1 aromatic rings. The summed E-state index contributed by atoms with van der Waals surface area (Å²) in [6, 6.07) is 8.29. The van der Waals surface area contributed by atoms with E-state index in [0.717, 1.165) is 37.3 Å². The number of carboxylic acid groups (broad SMARTS) is 1. The van der Waals surface area contributed by atoms with E-state index in [2.05, 4.69) is 17.9 Å². The molecule has 2 aliphatic rings. The number of ether oxygens (including phenoxy) is 1. The lowest BCUT2D eigenvalue weighted by Crippen LogP contribution is -2.45. The molecule has 20 heavy (non-hydrogen) atoms. The average Bonchev–Trinajstić information content (AvgIpc) is 2.99. The standard InChI is InChI=1S/C16H21NO3/c1-11(13-6-7-20-10-13)17-8-12-4-2-3-5-14(12)15(9-17)16(18)19/h2-5,11,13,15H,6-10H2,1H3,(H,18,19). The Kier molecular flexibility index (Phi) is 3.76. The smallest absolute Gasteiger partial charge is 0.312 e. The second kappa shape index (κ2) is 5.54. The zero-order valence-corrected chi connectivity index (χ0v) is 11.8. The molecule has 2 heterocycles. The zero-order chi connectivity index (χ0) is 14.1. The topological polar surface area (TPSA) is 49.8 Å². The highest BCUT2D eigenvalue weighted by Crippen LogP contribution is 2.32. The van der Waals surface area contributed by atoms with Crippen LogP contribution in [0.1, 0.15) is 30.4 Å². The summed E-state index contributed by atoms with van der Waals surface area (Å²) in [5, 5.41) is 9.50. The SMILES string of the molecule is CC(C1CCOC1)N1Cc2ccccc2C(C(=O)O)C1. The molecule has 1 saturated heterocycles. The first-order chi connectivity index (χ1) is 9.66. The van der Waals surface area contributed by atoms with Crippen LogP contribution >= 0.6 is 0 Å². The van der Waals surface area contributed by atoms with E-state index in [-0.39, 0.29) is 0 Å². The van der Waals surface area contributed by atoms with Gasteiger partial charge in [-0.3, -0.25) is 9.69 Å². The molecule has 1 aromatic carbocycles. The molecular formula is C16H21NO3. The monoisotopic (exact) mass is 275 g/mol. The van der Waals surface area contributed by atoms with Crippen LogP contribution in [0.3, 0.4) is 0 Å². The van der Waals surface area contributed by atoms with E-state index in [4.69, 9.17) is 4.74 Å². The molecule has 4 heteroatoms. The third-order valence-corrected chi connectivity index (χ3v) is 4.74. The number of hydrogen-bond acceptors (Lipinski definition) is 3. The van der Waals surface area contributed by atoms with Gasteiger partial charge in [0, 0.05) is 25.7 Å². The maximum absolute atomic E-state index is 11.6. The molecule has 4 nitrogen and oxygen atoms in total. The number of rotatable bonds is 3. The molecular weight excluding hydrogens is 254 g/mol. The first kappa shape index (κ1) is 13.6. The van der Waals surface area contributed by atoms with E-state index in [1.165, 1.54) is 0 Å². The number of benzene rings is 1. The van der Waals surface area contributed by atoms with Gasteiger partial charge in [-0.15, -0.1) is 0 Å². The van der Waals surface area contributed by atoms with Gasteiger partial charge in [0.25, 0.3) is 0 Å². The summed E-state index contributed by atoms with van der Waals surface area (Å²) in [4.78, 5) is 13.9. The Bertz CT molecular complexity index is 496. The van der Waals surface area contributed by atoms with Crippen molar-refractivity contribution in [2.45, 2.75) is 31.8 Å². The van der Waals surface area contributed by atoms with Gasteiger partial charge >= 0.3 is 5.97 Å². The lowest BCUT2D eigenvalue weighted by molar-refractivity contribution is -0.139. The first-order valence-corrected chi connectivity index (χ1v) is 7.29. The minimum absolute atomic E-state index is 0.368. The van der Waals surface area contributed by atoms with Crippen LogP contribution < -0.4 is 0 Å².